The van der Waals surface area contributed by atoms with Crippen molar-refractivity contribution in [3.05, 3.63) is 42.2 Å². The van der Waals surface area contributed by atoms with Crippen molar-refractivity contribution in [1.82, 2.24) is 0 Å². The van der Waals surface area contributed by atoms with Crippen LogP contribution in [0.4, 0.5) is 10.1 Å². The minimum atomic E-state index is -1.26. The first kappa shape index (κ1) is 12.2. The number of hydrogen-bond donors (Lipinski definition) is 2. The molecule has 1 rings (SSSR count). The number of anilines is 1. The molecule has 1 atom stereocenters. The molecular weight excluding hydrogens is 209 g/mol. The van der Waals surface area contributed by atoms with Crippen LogP contribution < -0.4 is 5.32 Å². The normalized spacial score (nSPS) is 11.9. The van der Waals surface area contributed by atoms with E-state index in [0.717, 1.165) is 6.42 Å². The van der Waals surface area contributed by atoms with Crippen LogP contribution in [0.3, 0.4) is 0 Å². The van der Waals surface area contributed by atoms with E-state index in [1.165, 1.54) is 12.1 Å². The molecule has 1 unspecified atom stereocenters. The fourth-order valence-electron chi connectivity index (χ4n) is 1.37. The Labute approximate surface area is 93.6 Å². The molecule has 0 aromatic heterocycles. The maximum atomic E-state index is 13.3. The lowest BCUT2D eigenvalue weighted by Crippen LogP contribution is -2.14. The number of carboxylic acids is 1. The molecule has 1 aromatic rings. The highest BCUT2D eigenvalue weighted by Crippen LogP contribution is 2.16. The number of benzene rings is 1. The van der Waals surface area contributed by atoms with Gasteiger partial charge >= 0.3 is 5.97 Å². The molecular formula is C12H14FNO2. The lowest BCUT2D eigenvalue weighted by Gasteiger charge is -2.13. The van der Waals surface area contributed by atoms with Gasteiger partial charge in [0.15, 0.2) is 0 Å². The van der Waals surface area contributed by atoms with Crippen molar-refractivity contribution >= 4 is 11.7 Å². The zero-order chi connectivity index (χ0) is 12.1. The van der Waals surface area contributed by atoms with E-state index >= 15 is 0 Å². The fourth-order valence-corrected chi connectivity index (χ4v) is 1.37. The lowest BCUT2D eigenvalue weighted by molar-refractivity contribution is 0.0692. The highest BCUT2D eigenvalue weighted by atomic mass is 19.1. The van der Waals surface area contributed by atoms with Crippen LogP contribution in [0.5, 0.6) is 0 Å². The fraction of sp³-hybridized carbons (Fsp3) is 0.250. The van der Waals surface area contributed by atoms with Crippen LogP contribution in [0.15, 0.2) is 30.9 Å². The van der Waals surface area contributed by atoms with Gasteiger partial charge in [-0.1, -0.05) is 6.08 Å². The molecule has 1 aromatic carbocycles. The van der Waals surface area contributed by atoms with Crippen LogP contribution in [0.2, 0.25) is 0 Å². The maximum Gasteiger partial charge on any atom is 0.338 e. The number of hydrogen-bond acceptors (Lipinski definition) is 2. The predicted octanol–water partition coefficient (Wildman–Crippen LogP) is 2.90. The Balaban J connectivity index is 2.81. The molecule has 0 saturated carbocycles. The summed E-state index contributed by atoms with van der Waals surface area (Å²) in [6.07, 6.45) is 2.52. The molecule has 0 heterocycles. The predicted molar refractivity (Wildman–Crippen MR) is 61.3 cm³/mol. The third-order valence-corrected chi connectivity index (χ3v) is 2.13. The van der Waals surface area contributed by atoms with Gasteiger partial charge in [0.05, 0.1) is 5.56 Å². The third-order valence-electron chi connectivity index (χ3n) is 2.13. The maximum absolute atomic E-state index is 13.3. The van der Waals surface area contributed by atoms with E-state index < -0.39 is 11.8 Å². The summed E-state index contributed by atoms with van der Waals surface area (Å²) < 4.78 is 13.3. The third kappa shape index (κ3) is 3.08. The van der Waals surface area contributed by atoms with E-state index in [1.807, 2.05) is 6.92 Å². The summed E-state index contributed by atoms with van der Waals surface area (Å²) >= 11 is 0. The second kappa shape index (κ2) is 5.30. The van der Waals surface area contributed by atoms with Gasteiger partial charge in [-0.2, -0.15) is 0 Å². The van der Waals surface area contributed by atoms with Crippen molar-refractivity contribution in [3.8, 4) is 0 Å². The van der Waals surface area contributed by atoms with Crippen LogP contribution in [-0.2, 0) is 0 Å². The Hall–Kier alpha value is -1.84. The summed E-state index contributed by atoms with van der Waals surface area (Å²) in [6.45, 7) is 5.54. The number of rotatable bonds is 5. The highest BCUT2D eigenvalue weighted by Gasteiger charge is 2.10. The Kier molecular flexibility index (Phi) is 4.05. The molecule has 16 heavy (non-hydrogen) atoms. The van der Waals surface area contributed by atoms with Gasteiger partial charge in [0.1, 0.15) is 5.82 Å². The van der Waals surface area contributed by atoms with Gasteiger partial charge in [-0.05, 0) is 31.5 Å². The van der Waals surface area contributed by atoms with E-state index in [1.54, 1.807) is 12.1 Å². The smallest absolute Gasteiger partial charge is 0.338 e. The van der Waals surface area contributed by atoms with E-state index in [4.69, 9.17) is 5.11 Å². The molecule has 0 spiro atoms. The summed E-state index contributed by atoms with van der Waals surface area (Å²) in [5.74, 6) is -1.99. The number of carboxylic acid groups (broad SMARTS) is 1. The van der Waals surface area contributed by atoms with Crippen molar-refractivity contribution in [2.45, 2.75) is 19.4 Å². The first-order valence-electron chi connectivity index (χ1n) is 4.95. The van der Waals surface area contributed by atoms with Gasteiger partial charge in [0, 0.05) is 11.7 Å². The molecule has 2 N–H and O–H groups in total. The van der Waals surface area contributed by atoms with Crippen molar-refractivity contribution in [2.24, 2.45) is 0 Å². The van der Waals surface area contributed by atoms with Gasteiger partial charge in [-0.3, -0.25) is 0 Å². The quantitative estimate of drug-likeness (QED) is 0.754. The van der Waals surface area contributed by atoms with Crippen LogP contribution in [0.1, 0.15) is 23.7 Å². The molecule has 0 radical (unpaired) electrons. The number of carbonyl (C=O) groups is 1. The average Bonchev–Trinajstić information content (AvgIpc) is 2.17. The molecule has 0 bridgehead atoms. The number of halogens is 1. The van der Waals surface area contributed by atoms with Gasteiger partial charge in [0.2, 0.25) is 0 Å². The minimum absolute atomic E-state index is 0.132. The summed E-state index contributed by atoms with van der Waals surface area (Å²) in [5.41, 5.74) is 0.249. The summed E-state index contributed by atoms with van der Waals surface area (Å²) in [4.78, 5) is 10.6. The Morgan fingerprint density at radius 3 is 2.88 bits per heavy atom. The SMILES string of the molecule is C=CCC(C)Nc1ccc(C(=O)O)c(F)c1. The molecule has 0 aliphatic heterocycles. The second-order valence-electron chi connectivity index (χ2n) is 3.57. The highest BCUT2D eigenvalue weighted by molar-refractivity contribution is 5.88. The molecule has 86 valence electrons. The molecule has 4 heteroatoms. The van der Waals surface area contributed by atoms with Crippen LogP contribution in [0.25, 0.3) is 0 Å². The van der Waals surface area contributed by atoms with Crippen molar-refractivity contribution in [1.29, 1.82) is 0 Å². The lowest BCUT2D eigenvalue weighted by atomic mass is 10.1. The average molecular weight is 223 g/mol. The second-order valence-corrected chi connectivity index (χ2v) is 3.57. The van der Waals surface area contributed by atoms with Gasteiger partial charge in [-0.15, -0.1) is 6.58 Å². The van der Waals surface area contributed by atoms with Gasteiger partial charge < -0.3 is 10.4 Å². The number of aromatic carboxylic acids is 1. The van der Waals surface area contributed by atoms with Crippen LogP contribution >= 0.6 is 0 Å². The topological polar surface area (TPSA) is 49.3 Å². The van der Waals surface area contributed by atoms with E-state index in [-0.39, 0.29) is 11.6 Å². The molecule has 3 nitrogen and oxygen atoms in total. The van der Waals surface area contributed by atoms with Crippen molar-refractivity contribution < 1.29 is 14.3 Å². The largest absolute Gasteiger partial charge is 0.478 e. The molecule has 0 fully saturated rings. The molecule has 0 amide bonds. The van der Waals surface area contributed by atoms with Crippen molar-refractivity contribution in [3.63, 3.8) is 0 Å². The minimum Gasteiger partial charge on any atom is -0.478 e. The zero-order valence-corrected chi connectivity index (χ0v) is 9.03. The Morgan fingerprint density at radius 1 is 1.69 bits per heavy atom. The Morgan fingerprint density at radius 2 is 2.38 bits per heavy atom. The monoisotopic (exact) mass is 223 g/mol. The van der Waals surface area contributed by atoms with Gasteiger partial charge in [0.25, 0.3) is 0 Å². The summed E-state index contributed by atoms with van der Waals surface area (Å²) in [5, 5.41) is 11.7. The van der Waals surface area contributed by atoms with E-state index in [9.17, 15) is 9.18 Å². The standard InChI is InChI=1S/C12H14FNO2/c1-3-4-8(2)14-9-5-6-10(12(15)16)11(13)7-9/h3,5-8,14H,1,4H2,2H3,(H,15,16). The first-order valence-corrected chi connectivity index (χ1v) is 4.95. The Bertz CT molecular complexity index is 404. The molecule has 0 aliphatic rings. The summed E-state index contributed by atoms with van der Waals surface area (Å²) in [6, 6.07) is 4.11. The summed E-state index contributed by atoms with van der Waals surface area (Å²) in [7, 11) is 0. The van der Waals surface area contributed by atoms with Crippen LogP contribution in [0, 0.1) is 5.82 Å². The van der Waals surface area contributed by atoms with Crippen molar-refractivity contribution in [2.75, 3.05) is 5.32 Å². The first-order chi connectivity index (χ1) is 7.54. The molecule has 0 saturated heterocycles. The van der Waals surface area contributed by atoms with Crippen LogP contribution in [-0.4, -0.2) is 17.1 Å². The zero-order valence-electron chi connectivity index (χ0n) is 9.03. The van der Waals surface area contributed by atoms with Gasteiger partial charge in [-0.25, -0.2) is 9.18 Å². The molecule has 0 aliphatic carbocycles. The number of nitrogens with one attached hydrogen (secondary N) is 1. The van der Waals surface area contributed by atoms with E-state index in [2.05, 4.69) is 11.9 Å². The van der Waals surface area contributed by atoms with E-state index in [0.29, 0.717) is 5.69 Å².